The first-order chi connectivity index (χ1) is 5.16. The molecular formula is C8H12N2O. The molecule has 0 aromatic heterocycles. The lowest BCUT2D eigenvalue weighted by Crippen LogP contribution is -2.55. The van der Waals surface area contributed by atoms with E-state index in [0.29, 0.717) is 12.1 Å². The van der Waals surface area contributed by atoms with Crippen molar-refractivity contribution in [2.45, 2.75) is 38.8 Å². The zero-order valence-electron chi connectivity index (χ0n) is 6.87. The van der Waals surface area contributed by atoms with E-state index in [1.165, 1.54) is 0 Å². The normalized spacial score (nSPS) is 29.0. The summed E-state index contributed by atoms with van der Waals surface area (Å²) < 4.78 is 0. The number of likely N-dealkylation sites (tertiary alicyclic amines) is 1. The molecule has 60 valence electrons. The summed E-state index contributed by atoms with van der Waals surface area (Å²) in [6.07, 6.45) is 1.09. The van der Waals surface area contributed by atoms with Crippen LogP contribution in [0.15, 0.2) is 0 Å². The van der Waals surface area contributed by atoms with E-state index < -0.39 is 0 Å². The van der Waals surface area contributed by atoms with Gasteiger partial charge >= 0.3 is 0 Å². The Hall–Kier alpha value is -1.04. The highest BCUT2D eigenvalue weighted by molar-refractivity contribution is 5.79. The third-order valence-corrected chi connectivity index (χ3v) is 2.15. The molecule has 0 N–H and O–H groups in total. The summed E-state index contributed by atoms with van der Waals surface area (Å²) in [4.78, 5) is 12.9. The van der Waals surface area contributed by atoms with Crippen LogP contribution in [0.5, 0.6) is 0 Å². The Kier molecular flexibility index (Phi) is 2.13. The van der Waals surface area contributed by atoms with E-state index in [0.717, 1.165) is 6.42 Å². The Morgan fingerprint density at radius 2 is 2.18 bits per heavy atom. The maximum absolute atomic E-state index is 11.1. The largest absolute Gasteiger partial charge is 0.336 e. The first kappa shape index (κ1) is 8.06. The van der Waals surface area contributed by atoms with Crippen molar-refractivity contribution in [1.29, 1.82) is 5.26 Å². The third kappa shape index (κ3) is 1.35. The van der Waals surface area contributed by atoms with Gasteiger partial charge in [-0.3, -0.25) is 4.79 Å². The number of carbonyl (C=O) groups excluding carboxylic acids is 1. The highest BCUT2D eigenvalue weighted by Crippen LogP contribution is 2.25. The molecule has 0 bridgehead atoms. The minimum Gasteiger partial charge on any atom is -0.336 e. The Morgan fingerprint density at radius 1 is 1.64 bits per heavy atom. The molecule has 3 nitrogen and oxygen atoms in total. The minimum absolute atomic E-state index is 0.0225. The van der Waals surface area contributed by atoms with Gasteiger partial charge in [0.2, 0.25) is 5.91 Å². The molecule has 2 unspecified atom stereocenters. The van der Waals surface area contributed by atoms with Crippen LogP contribution in [0.25, 0.3) is 0 Å². The molecule has 1 aliphatic heterocycles. The van der Waals surface area contributed by atoms with E-state index in [4.69, 9.17) is 5.26 Å². The van der Waals surface area contributed by atoms with Crippen molar-refractivity contribution in [2.75, 3.05) is 0 Å². The van der Waals surface area contributed by atoms with Crippen molar-refractivity contribution in [1.82, 2.24) is 4.90 Å². The average molecular weight is 152 g/mol. The maximum Gasteiger partial charge on any atom is 0.237 e. The molecule has 1 fully saturated rings. The highest BCUT2D eigenvalue weighted by atomic mass is 16.2. The van der Waals surface area contributed by atoms with Gasteiger partial charge in [0.15, 0.2) is 0 Å². The lowest BCUT2D eigenvalue weighted by molar-refractivity contribution is -0.141. The maximum atomic E-state index is 11.1. The summed E-state index contributed by atoms with van der Waals surface area (Å²) in [6.45, 7) is 4.02. The van der Waals surface area contributed by atoms with Crippen molar-refractivity contribution >= 4 is 5.91 Å². The Labute approximate surface area is 66.6 Å². The summed E-state index contributed by atoms with van der Waals surface area (Å²) in [5.41, 5.74) is 0. The molecule has 2 atom stereocenters. The van der Waals surface area contributed by atoms with Crippen molar-refractivity contribution in [2.24, 2.45) is 0 Å². The van der Waals surface area contributed by atoms with Crippen LogP contribution < -0.4 is 0 Å². The zero-order valence-corrected chi connectivity index (χ0v) is 6.87. The molecule has 1 amide bonds. The second kappa shape index (κ2) is 2.91. The molecule has 1 aliphatic rings. The van der Waals surface area contributed by atoms with E-state index in [2.05, 4.69) is 0 Å². The van der Waals surface area contributed by atoms with Crippen LogP contribution in [0.3, 0.4) is 0 Å². The Bertz CT molecular complexity index is 199. The van der Waals surface area contributed by atoms with Gasteiger partial charge in [-0.05, 0) is 20.3 Å². The number of amides is 1. The molecular weight excluding hydrogens is 140 g/mol. The summed E-state index contributed by atoms with van der Waals surface area (Å²) in [5, 5.41) is 8.28. The first-order valence-electron chi connectivity index (χ1n) is 3.85. The number of nitriles is 1. The van der Waals surface area contributed by atoms with E-state index in [1.807, 2.05) is 19.9 Å². The molecule has 1 heterocycles. The standard InChI is InChI=1S/C8H12N2O/c1-6-5-7(2)10(6)8(11)3-4-9/h6-7H,3,5H2,1-2H3. The molecule has 3 heteroatoms. The third-order valence-electron chi connectivity index (χ3n) is 2.15. The van der Waals surface area contributed by atoms with Gasteiger partial charge in [-0.1, -0.05) is 0 Å². The fourth-order valence-corrected chi connectivity index (χ4v) is 1.67. The van der Waals surface area contributed by atoms with Crippen molar-refractivity contribution in [3.05, 3.63) is 0 Å². The zero-order chi connectivity index (χ0) is 8.43. The van der Waals surface area contributed by atoms with Crippen LogP contribution in [0, 0.1) is 11.3 Å². The monoisotopic (exact) mass is 152 g/mol. The van der Waals surface area contributed by atoms with E-state index >= 15 is 0 Å². The summed E-state index contributed by atoms with van der Waals surface area (Å²) in [7, 11) is 0. The Balaban J connectivity index is 2.48. The number of carbonyl (C=O) groups is 1. The summed E-state index contributed by atoms with van der Waals surface area (Å²) >= 11 is 0. The van der Waals surface area contributed by atoms with Crippen LogP contribution in [0.4, 0.5) is 0 Å². The highest BCUT2D eigenvalue weighted by Gasteiger charge is 2.34. The van der Waals surface area contributed by atoms with Gasteiger partial charge in [0.1, 0.15) is 6.42 Å². The van der Waals surface area contributed by atoms with Crippen molar-refractivity contribution in [3.63, 3.8) is 0 Å². The van der Waals surface area contributed by atoms with Crippen LogP contribution in [-0.4, -0.2) is 22.9 Å². The molecule has 0 radical (unpaired) electrons. The lowest BCUT2D eigenvalue weighted by Gasteiger charge is -2.45. The fraction of sp³-hybridized carbons (Fsp3) is 0.750. The van der Waals surface area contributed by atoms with Gasteiger partial charge in [0, 0.05) is 12.1 Å². The fourth-order valence-electron chi connectivity index (χ4n) is 1.67. The van der Waals surface area contributed by atoms with Gasteiger partial charge in [-0.25, -0.2) is 0 Å². The van der Waals surface area contributed by atoms with E-state index in [9.17, 15) is 4.79 Å². The molecule has 0 aromatic carbocycles. The quantitative estimate of drug-likeness (QED) is 0.560. The molecule has 11 heavy (non-hydrogen) atoms. The van der Waals surface area contributed by atoms with E-state index in [-0.39, 0.29) is 12.3 Å². The van der Waals surface area contributed by atoms with Crippen LogP contribution >= 0.6 is 0 Å². The molecule has 0 aromatic rings. The molecule has 1 saturated heterocycles. The van der Waals surface area contributed by atoms with E-state index in [1.54, 1.807) is 4.90 Å². The number of rotatable bonds is 1. The van der Waals surface area contributed by atoms with Crippen LogP contribution in [0.2, 0.25) is 0 Å². The van der Waals surface area contributed by atoms with Crippen LogP contribution in [0.1, 0.15) is 26.7 Å². The van der Waals surface area contributed by atoms with Crippen LogP contribution in [-0.2, 0) is 4.79 Å². The smallest absolute Gasteiger partial charge is 0.237 e. The van der Waals surface area contributed by atoms with Gasteiger partial charge in [-0.2, -0.15) is 5.26 Å². The van der Waals surface area contributed by atoms with Crippen molar-refractivity contribution < 1.29 is 4.79 Å². The predicted octanol–water partition coefficient (Wildman–Crippen LogP) is 0.909. The second-order valence-corrected chi connectivity index (χ2v) is 3.07. The topological polar surface area (TPSA) is 44.1 Å². The van der Waals surface area contributed by atoms with Gasteiger partial charge in [0.05, 0.1) is 6.07 Å². The SMILES string of the molecule is CC1CC(C)N1C(=O)CC#N. The predicted molar refractivity (Wildman–Crippen MR) is 40.6 cm³/mol. The first-order valence-corrected chi connectivity index (χ1v) is 3.85. The average Bonchev–Trinajstić information content (AvgIpc) is 1.87. The number of hydrogen-bond donors (Lipinski definition) is 0. The Morgan fingerprint density at radius 3 is 2.55 bits per heavy atom. The van der Waals surface area contributed by atoms with Gasteiger partial charge in [0.25, 0.3) is 0 Å². The number of nitrogens with zero attached hydrogens (tertiary/aromatic N) is 2. The molecule has 0 aliphatic carbocycles. The lowest BCUT2D eigenvalue weighted by atomic mass is 9.95. The number of hydrogen-bond acceptors (Lipinski definition) is 2. The minimum atomic E-state index is -0.0289. The molecule has 0 spiro atoms. The summed E-state index contributed by atoms with van der Waals surface area (Å²) in [6, 6.07) is 2.54. The van der Waals surface area contributed by atoms with Gasteiger partial charge in [-0.15, -0.1) is 0 Å². The van der Waals surface area contributed by atoms with Gasteiger partial charge < -0.3 is 4.90 Å². The van der Waals surface area contributed by atoms with Crippen molar-refractivity contribution in [3.8, 4) is 6.07 Å². The summed E-state index contributed by atoms with van der Waals surface area (Å²) in [5.74, 6) is -0.0289. The second-order valence-electron chi connectivity index (χ2n) is 3.07. The molecule has 1 rings (SSSR count). The molecule has 0 saturated carbocycles.